The normalized spacial score (nSPS) is 18.2. The number of amides is 1. The first kappa shape index (κ1) is 14.2. The highest BCUT2D eigenvalue weighted by atomic mass is 16.4. The average molecular weight is 300 g/mol. The van der Waals surface area contributed by atoms with Crippen LogP contribution in [0.2, 0.25) is 0 Å². The molecular weight excluding hydrogens is 284 g/mol. The van der Waals surface area contributed by atoms with Crippen LogP contribution < -0.4 is 0 Å². The van der Waals surface area contributed by atoms with Crippen LogP contribution in [0.25, 0.3) is 0 Å². The second-order valence-corrected chi connectivity index (χ2v) is 5.30. The number of likely N-dealkylation sites (tertiary alicyclic amines) is 1. The fraction of sp³-hybridized carbons (Fsp3) is 0.333. The number of hydrogen-bond acceptors (Lipinski definition) is 4. The first-order valence-corrected chi connectivity index (χ1v) is 7.12. The molecule has 7 nitrogen and oxygen atoms in total. The maximum absolute atomic E-state index is 12.5. The number of aromatic nitrogens is 3. The van der Waals surface area contributed by atoms with Crippen LogP contribution >= 0.6 is 0 Å². The van der Waals surface area contributed by atoms with E-state index in [1.807, 2.05) is 0 Å². The first-order chi connectivity index (χ1) is 10.6. The minimum absolute atomic E-state index is 0.00707. The standard InChI is InChI=1S/C15H16N4O3/c20-14(11-3-5-16-6-4-11)18-7-1-2-13(10-18)19-9-12(8-17-19)15(21)22/h3-6,8-9,13H,1-2,7,10H2,(H,21,22). The summed E-state index contributed by atoms with van der Waals surface area (Å²) in [6, 6.07) is 3.40. The molecule has 2 aromatic heterocycles. The van der Waals surface area contributed by atoms with Crippen molar-refractivity contribution in [2.45, 2.75) is 18.9 Å². The molecule has 0 aliphatic carbocycles. The number of carboxylic acids is 1. The second kappa shape index (κ2) is 5.97. The third kappa shape index (κ3) is 2.83. The summed E-state index contributed by atoms with van der Waals surface area (Å²) in [5, 5.41) is 13.1. The number of rotatable bonds is 3. The van der Waals surface area contributed by atoms with Crippen LogP contribution in [0.3, 0.4) is 0 Å². The maximum Gasteiger partial charge on any atom is 0.338 e. The van der Waals surface area contributed by atoms with E-state index >= 15 is 0 Å². The molecule has 1 saturated heterocycles. The van der Waals surface area contributed by atoms with Gasteiger partial charge >= 0.3 is 5.97 Å². The molecule has 0 radical (unpaired) electrons. The molecule has 7 heteroatoms. The fourth-order valence-electron chi connectivity index (χ4n) is 2.68. The highest BCUT2D eigenvalue weighted by Crippen LogP contribution is 2.22. The smallest absolute Gasteiger partial charge is 0.338 e. The lowest BCUT2D eigenvalue weighted by Gasteiger charge is -2.32. The second-order valence-electron chi connectivity index (χ2n) is 5.30. The fourth-order valence-corrected chi connectivity index (χ4v) is 2.68. The zero-order chi connectivity index (χ0) is 15.5. The molecule has 0 aromatic carbocycles. The van der Waals surface area contributed by atoms with E-state index in [1.165, 1.54) is 12.4 Å². The van der Waals surface area contributed by atoms with Crippen LogP contribution in [0.15, 0.2) is 36.9 Å². The number of carboxylic acid groups (broad SMARTS) is 1. The van der Waals surface area contributed by atoms with E-state index in [0.29, 0.717) is 18.7 Å². The molecule has 1 atom stereocenters. The molecule has 1 amide bonds. The van der Waals surface area contributed by atoms with Crippen molar-refractivity contribution in [2.24, 2.45) is 0 Å². The number of pyridine rings is 1. The van der Waals surface area contributed by atoms with Gasteiger partial charge in [-0.25, -0.2) is 4.79 Å². The average Bonchev–Trinajstić information content (AvgIpc) is 3.05. The van der Waals surface area contributed by atoms with Crippen LogP contribution in [0.4, 0.5) is 0 Å². The molecule has 0 bridgehead atoms. The molecule has 1 aliphatic heterocycles. The van der Waals surface area contributed by atoms with Gasteiger partial charge in [-0.2, -0.15) is 5.10 Å². The monoisotopic (exact) mass is 300 g/mol. The van der Waals surface area contributed by atoms with Crippen LogP contribution in [0, 0.1) is 0 Å². The highest BCUT2D eigenvalue weighted by molar-refractivity contribution is 5.94. The van der Waals surface area contributed by atoms with Crippen molar-refractivity contribution < 1.29 is 14.7 Å². The van der Waals surface area contributed by atoms with Gasteiger partial charge in [0.1, 0.15) is 0 Å². The topological polar surface area (TPSA) is 88.3 Å². The summed E-state index contributed by atoms with van der Waals surface area (Å²) in [5.41, 5.74) is 0.778. The van der Waals surface area contributed by atoms with Crippen molar-refractivity contribution in [1.82, 2.24) is 19.7 Å². The summed E-state index contributed by atoms with van der Waals surface area (Å²) in [6.07, 6.45) is 7.80. The Kier molecular flexibility index (Phi) is 3.86. The third-order valence-electron chi connectivity index (χ3n) is 3.83. The molecule has 3 heterocycles. The molecule has 1 fully saturated rings. The van der Waals surface area contributed by atoms with E-state index in [-0.39, 0.29) is 17.5 Å². The van der Waals surface area contributed by atoms with Gasteiger partial charge in [-0.1, -0.05) is 0 Å². The van der Waals surface area contributed by atoms with E-state index in [4.69, 9.17) is 5.11 Å². The zero-order valence-corrected chi connectivity index (χ0v) is 11.9. The summed E-state index contributed by atoms with van der Waals surface area (Å²) in [6.45, 7) is 1.23. The molecule has 0 spiro atoms. The minimum Gasteiger partial charge on any atom is -0.478 e. The van der Waals surface area contributed by atoms with Gasteiger partial charge in [0.15, 0.2) is 0 Å². The lowest BCUT2D eigenvalue weighted by Crippen LogP contribution is -2.40. The molecule has 0 saturated carbocycles. The highest BCUT2D eigenvalue weighted by Gasteiger charge is 2.26. The maximum atomic E-state index is 12.5. The molecule has 22 heavy (non-hydrogen) atoms. The summed E-state index contributed by atoms with van der Waals surface area (Å²) in [4.78, 5) is 29.1. The van der Waals surface area contributed by atoms with Crippen molar-refractivity contribution in [3.05, 3.63) is 48.0 Å². The predicted octanol–water partition coefficient (Wildman–Crippen LogP) is 1.45. The summed E-state index contributed by atoms with van der Waals surface area (Å²) >= 11 is 0. The molecule has 2 aromatic rings. The van der Waals surface area contributed by atoms with Crippen LogP contribution in [0.5, 0.6) is 0 Å². The number of nitrogens with zero attached hydrogens (tertiary/aromatic N) is 4. The Hall–Kier alpha value is -2.70. The van der Waals surface area contributed by atoms with E-state index in [2.05, 4.69) is 10.1 Å². The van der Waals surface area contributed by atoms with Crippen molar-refractivity contribution in [3.8, 4) is 0 Å². The summed E-state index contributed by atoms with van der Waals surface area (Å²) in [7, 11) is 0. The largest absolute Gasteiger partial charge is 0.478 e. The summed E-state index contributed by atoms with van der Waals surface area (Å²) in [5.74, 6) is -1.02. The van der Waals surface area contributed by atoms with Gasteiger partial charge in [0.05, 0.1) is 17.8 Å². The number of hydrogen-bond donors (Lipinski definition) is 1. The zero-order valence-electron chi connectivity index (χ0n) is 11.9. The molecule has 1 N–H and O–H groups in total. The van der Waals surface area contributed by atoms with Gasteiger partial charge < -0.3 is 10.0 Å². The lowest BCUT2D eigenvalue weighted by molar-refractivity contribution is 0.0666. The van der Waals surface area contributed by atoms with Gasteiger partial charge in [0.25, 0.3) is 5.91 Å². The van der Waals surface area contributed by atoms with Gasteiger partial charge in [-0.15, -0.1) is 0 Å². The number of aromatic carboxylic acids is 1. The first-order valence-electron chi connectivity index (χ1n) is 7.12. The Morgan fingerprint density at radius 1 is 1.23 bits per heavy atom. The van der Waals surface area contributed by atoms with Gasteiger partial charge in [0, 0.05) is 37.2 Å². The number of carbonyl (C=O) groups is 2. The minimum atomic E-state index is -0.994. The van der Waals surface area contributed by atoms with Crippen LogP contribution in [-0.4, -0.2) is 49.7 Å². The Bertz CT molecular complexity index is 683. The van der Waals surface area contributed by atoms with Crippen molar-refractivity contribution >= 4 is 11.9 Å². The number of carbonyl (C=O) groups excluding carboxylic acids is 1. The predicted molar refractivity (Wildman–Crippen MR) is 77.6 cm³/mol. The Balaban J connectivity index is 1.73. The van der Waals surface area contributed by atoms with E-state index in [9.17, 15) is 9.59 Å². The van der Waals surface area contributed by atoms with E-state index in [0.717, 1.165) is 12.8 Å². The molecule has 3 rings (SSSR count). The van der Waals surface area contributed by atoms with E-state index in [1.54, 1.807) is 34.1 Å². The Morgan fingerprint density at radius 3 is 2.68 bits per heavy atom. The third-order valence-corrected chi connectivity index (χ3v) is 3.83. The molecular formula is C15H16N4O3. The van der Waals surface area contributed by atoms with Crippen LogP contribution in [0.1, 0.15) is 39.6 Å². The summed E-state index contributed by atoms with van der Waals surface area (Å²) < 4.78 is 1.65. The lowest BCUT2D eigenvalue weighted by atomic mass is 10.0. The Morgan fingerprint density at radius 2 is 2.00 bits per heavy atom. The van der Waals surface area contributed by atoms with E-state index < -0.39 is 5.97 Å². The molecule has 114 valence electrons. The SMILES string of the molecule is O=C(O)c1cnn(C2CCCN(C(=O)c3ccncc3)C2)c1. The van der Waals surface area contributed by atoms with Crippen molar-refractivity contribution in [1.29, 1.82) is 0 Å². The van der Waals surface area contributed by atoms with Crippen molar-refractivity contribution in [2.75, 3.05) is 13.1 Å². The van der Waals surface area contributed by atoms with Gasteiger partial charge in [-0.05, 0) is 25.0 Å². The van der Waals surface area contributed by atoms with Crippen LogP contribution in [-0.2, 0) is 0 Å². The Labute approximate surface area is 127 Å². The molecule has 1 aliphatic rings. The number of piperidine rings is 1. The van der Waals surface area contributed by atoms with Gasteiger partial charge in [0.2, 0.25) is 0 Å². The van der Waals surface area contributed by atoms with Gasteiger partial charge in [-0.3, -0.25) is 14.5 Å². The quantitative estimate of drug-likeness (QED) is 0.927. The van der Waals surface area contributed by atoms with Crippen molar-refractivity contribution in [3.63, 3.8) is 0 Å². The molecule has 1 unspecified atom stereocenters.